The number of sulfonamides is 1. The Labute approximate surface area is 250 Å². The highest BCUT2D eigenvalue weighted by atomic mass is 35.5. The Kier molecular flexibility index (Phi) is 10.1. The van der Waals surface area contributed by atoms with E-state index in [4.69, 9.17) is 21.1 Å². The molecular weight excluding hydrogens is 578 g/mol. The predicted octanol–water partition coefficient (Wildman–Crippen LogP) is 5.16. The highest BCUT2D eigenvalue weighted by Gasteiger charge is 2.27. The Hall–Kier alpha value is -4.54. The van der Waals surface area contributed by atoms with Crippen molar-refractivity contribution in [1.29, 1.82) is 0 Å². The summed E-state index contributed by atoms with van der Waals surface area (Å²) >= 11 is 6.01. The van der Waals surface area contributed by atoms with E-state index in [1.54, 1.807) is 74.9 Å². The number of methoxy groups -OCH3 is 2. The van der Waals surface area contributed by atoms with Crippen molar-refractivity contribution >= 4 is 44.8 Å². The molecule has 4 aromatic rings. The minimum absolute atomic E-state index is 0.0296. The van der Waals surface area contributed by atoms with E-state index in [1.165, 1.54) is 24.3 Å². The summed E-state index contributed by atoms with van der Waals surface area (Å²) in [6.45, 7) is -0.204. The zero-order valence-electron chi connectivity index (χ0n) is 23.0. The number of hydrogen-bond acceptors (Lipinski definition) is 6. The summed E-state index contributed by atoms with van der Waals surface area (Å²) in [5.41, 5.74) is 1.69. The van der Waals surface area contributed by atoms with Crippen LogP contribution in [0, 0.1) is 0 Å². The third kappa shape index (κ3) is 7.39. The lowest BCUT2D eigenvalue weighted by Gasteiger charge is -2.24. The van der Waals surface area contributed by atoms with E-state index in [9.17, 15) is 18.0 Å². The Balaban J connectivity index is 1.47. The van der Waals surface area contributed by atoms with Crippen molar-refractivity contribution in [3.05, 3.63) is 113 Å². The lowest BCUT2D eigenvalue weighted by molar-refractivity contribution is -0.114. The number of hydrogen-bond donors (Lipinski definition) is 2. The van der Waals surface area contributed by atoms with Gasteiger partial charge in [-0.05, 0) is 72.6 Å². The normalized spacial score (nSPS) is 10.9. The maximum Gasteiger partial charge on any atom is 0.264 e. The molecule has 42 heavy (non-hydrogen) atoms. The molecule has 2 amide bonds. The number of rotatable bonds is 12. The molecule has 0 heterocycles. The van der Waals surface area contributed by atoms with Gasteiger partial charge in [-0.1, -0.05) is 48.0 Å². The summed E-state index contributed by atoms with van der Waals surface area (Å²) < 4.78 is 38.6. The summed E-state index contributed by atoms with van der Waals surface area (Å²) in [6.07, 6.45) is 0.536. The van der Waals surface area contributed by atoms with Gasteiger partial charge in [0.2, 0.25) is 5.91 Å². The summed E-state index contributed by atoms with van der Waals surface area (Å²) in [7, 11) is -0.979. The molecule has 0 aliphatic rings. The number of anilines is 2. The van der Waals surface area contributed by atoms with Crippen LogP contribution in [0.1, 0.15) is 15.9 Å². The molecule has 11 heteroatoms. The molecule has 0 saturated carbocycles. The third-order valence-corrected chi connectivity index (χ3v) is 8.37. The van der Waals surface area contributed by atoms with Gasteiger partial charge in [0.25, 0.3) is 15.9 Å². The highest BCUT2D eigenvalue weighted by molar-refractivity contribution is 7.92. The Morgan fingerprint density at radius 1 is 0.833 bits per heavy atom. The van der Waals surface area contributed by atoms with Gasteiger partial charge in [0.1, 0.15) is 6.54 Å². The van der Waals surface area contributed by atoms with Gasteiger partial charge in [-0.15, -0.1) is 0 Å². The Morgan fingerprint density at radius 3 is 2.19 bits per heavy atom. The summed E-state index contributed by atoms with van der Waals surface area (Å²) in [6, 6.07) is 26.0. The smallest absolute Gasteiger partial charge is 0.264 e. The van der Waals surface area contributed by atoms with E-state index in [0.717, 1.165) is 9.87 Å². The van der Waals surface area contributed by atoms with Crippen LogP contribution in [0.3, 0.4) is 0 Å². The molecule has 0 spiro atoms. The molecule has 4 rings (SSSR count). The van der Waals surface area contributed by atoms with Crippen molar-refractivity contribution in [3.63, 3.8) is 0 Å². The summed E-state index contributed by atoms with van der Waals surface area (Å²) in [4.78, 5) is 26.3. The van der Waals surface area contributed by atoms with Crippen LogP contribution in [0.25, 0.3) is 0 Å². The average molecular weight is 608 g/mol. The second kappa shape index (κ2) is 13.9. The van der Waals surface area contributed by atoms with Gasteiger partial charge in [0.15, 0.2) is 11.5 Å². The molecule has 218 valence electrons. The van der Waals surface area contributed by atoms with Crippen molar-refractivity contribution in [2.45, 2.75) is 11.3 Å². The number of amides is 2. The molecular formula is C31H30ClN3O6S. The fraction of sp³-hybridized carbons (Fsp3) is 0.161. The lowest BCUT2D eigenvalue weighted by Crippen LogP contribution is -2.38. The zero-order valence-corrected chi connectivity index (χ0v) is 24.6. The number of benzene rings is 4. The molecule has 0 aromatic heterocycles. The highest BCUT2D eigenvalue weighted by Crippen LogP contribution is 2.28. The van der Waals surface area contributed by atoms with Gasteiger partial charge in [0, 0.05) is 11.6 Å². The van der Waals surface area contributed by atoms with Gasteiger partial charge in [-0.2, -0.15) is 0 Å². The molecule has 0 unspecified atom stereocenters. The van der Waals surface area contributed by atoms with Crippen LogP contribution in [0.5, 0.6) is 11.5 Å². The first kappa shape index (κ1) is 30.4. The van der Waals surface area contributed by atoms with Gasteiger partial charge in [0.05, 0.1) is 36.1 Å². The molecule has 4 aromatic carbocycles. The van der Waals surface area contributed by atoms with E-state index in [-0.39, 0.29) is 21.8 Å². The van der Waals surface area contributed by atoms with Crippen LogP contribution in [0.15, 0.2) is 102 Å². The maximum absolute atomic E-state index is 13.5. The van der Waals surface area contributed by atoms with Crippen LogP contribution in [0.4, 0.5) is 11.4 Å². The van der Waals surface area contributed by atoms with E-state index in [1.807, 2.05) is 12.1 Å². The quantitative estimate of drug-likeness (QED) is 0.230. The Morgan fingerprint density at radius 2 is 1.50 bits per heavy atom. The van der Waals surface area contributed by atoms with Crippen LogP contribution in [-0.2, 0) is 21.2 Å². The first-order valence-electron chi connectivity index (χ1n) is 12.9. The van der Waals surface area contributed by atoms with Crippen molar-refractivity contribution in [1.82, 2.24) is 5.32 Å². The minimum Gasteiger partial charge on any atom is -0.493 e. The summed E-state index contributed by atoms with van der Waals surface area (Å²) in [5.74, 6) is 0.185. The standard InChI is InChI=1S/C31H30ClN3O6S/c1-40-28-17-12-22(20-29(28)41-2)18-19-33-31(37)26-10-6-7-11-27(26)34-30(36)21-35(24-15-13-23(32)14-16-24)42(38,39)25-8-4-3-5-9-25/h3-17,20H,18-19,21H2,1-2H3,(H,33,37)(H,34,36). The molecule has 0 radical (unpaired) electrons. The zero-order chi connectivity index (χ0) is 30.1. The number of carbonyl (C=O) groups is 2. The van der Waals surface area contributed by atoms with Crippen molar-refractivity contribution < 1.29 is 27.5 Å². The van der Waals surface area contributed by atoms with Crippen molar-refractivity contribution in [3.8, 4) is 11.5 Å². The van der Waals surface area contributed by atoms with Crippen LogP contribution in [-0.4, -0.2) is 47.5 Å². The molecule has 0 fully saturated rings. The molecule has 2 N–H and O–H groups in total. The molecule has 0 aliphatic heterocycles. The first-order chi connectivity index (χ1) is 20.2. The molecule has 0 saturated heterocycles. The van der Waals surface area contributed by atoms with E-state index in [0.29, 0.717) is 29.5 Å². The van der Waals surface area contributed by atoms with Crippen LogP contribution < -0.4 is 24.4 Å². The van der Waals surface area contributed by atoms with Crippen LogP contribution >= 0.6 is 11.6 Å². The number of carbonyl (C=O) groups excluding carboxylic acids is 2. The topological polar surface area (TPSA) is 114 Å². The third-order valence-electron chi connectivity index (χ3n) is 6.33. The van der Waals surface area contributed by atoms with Gasteiger partial charge in [-0.3, -0.25) is 13.9 Å². The number of halogens is 1. The van der Waals surface area contributed by atoms with Gasteiger partial charge < -0.3 is 20.1 Å². The lowest BCUT2D eigenvalue weighted by atomic mass is 10.1. The second-order valence-corrected chi connectivity index (χ2v) is 11.4. The predicted molar refractivity (Wildman–Crippen MR) is 163 cm³/mol. The maximum atomic E-state index is 13.5. The number of para-hydroxylation sites is 1. The second-order valence-electron chi connectivity index (χ2n) is 9.09. The van der Waals surface area contributed by atoms with E-state index >= 15 is 0 Å². The van der Waals surface area contributed by atoms with Crippen LogP contribution in [0.2, 0.25) is 5.02 Å². The Bertz CT molecular complexity index is 1650. The molecule has 0 aliphatic carbocycles. The number of nitrogens with zero attached hydrogens (tertiary/aromatic N) is 1. The largest absolute Gasteiger partial charge is 0.493 e. The fourth-order valence-electron chi connectivity index (χ4n) is 4.20. The number of ether oxygens (including phenoxy) is 2. The summed E-state index contributed by atoms with van der Waals surface area (Å²) in [5, 5.41) is 5.99. The van der Waals surface area contributed by atoms with E-state index < -0.39 is 28.4 Å². The minimum atomic E-state index is -4.10. The fourth-order valence-corrected chi connectivity index (χ4v) is 5.77. The van der Waals surface area contributed by atoms with Crippen molar-refractivity contribution in [2.75, 3.05) is 36.9 Å². The number of nitrogens with one attached hydrogen (secondary N) is 2. The average Bonchev–Trinajstić information content (AvgIpc) is 3.01. The first-order valence-corrected chi connectivity index (χ1v) is 14.8. The monoisotopic (exact) mass is 607 g/mol. The molecule has 9 nitrogen and oxygen atoms in total. The van der Waals surface area contributed by atoms with Crippen molar-refractivity contribution in [2.24, 2.45) is 0 Å². The molecule has 0 atom stereocenters. The van der Waals surface area contributed by atoms with Gasteiger partial charge in [-0.25, -0.2) is 8.42 Å². The SMILES string of the molecule is COc1ccc(CCNC(=O)c2ccccc2NC(=O)CN(c2ccc(Cl)cc2)S(=O)(=O)c2ccccc2)cc1OC. The van der Waals surface area contributed by atoms with Gasteiger partial charge >= 0.3 is 0 Å². The molecule has 0 bridgehead atoms. The van der Waals surface area contributed by atoms with E-state index in [2.05, 4.69) is 10.6 Å².